The summed E-state index contributed by atoms with van der Waals surface area (Å²) in [5.74, 6) is 0.327. The third kappa shape index (κ3) is 3.52. The molecule has 1 aromatic heterocycles. The Morgan fingerprint density at radius 2 is 2.20 bits per heavy atom. The maximum Gasteiger partial charge on any atom is 0.318 e. The zero-order chi connectivity index (χ0) is 17.4. The minimum Gasteiger partial charge on any atom is -0.334 e. The minimum atomic E-state index is -0.324. The molecular weight excluding hydrogens is 319 g/mol. The average Bonchev–Trinajstić information content (AvgIpc) is 3.53. The Kier molecular flexibility index (Phi) is 4.19. The molecule has 1 atom stereocenters. The number of rotatable bonds is 6. The summed E-state index contributed by atoms with van der Waals surface area (Å²) < 4.78 is 15.9. The van der Waals surface area contributed by atoms with Gasteiger partial charge in [0, 0.05) is 31.0 Å². The molecule has 132 valence electrons. The van der Waals surface area contributed by atoms with Gasteiger partial charge in [0.2, 0.25) is 0 Å². The second-order valence-corrected chi connectivity index (χ2v) is 7.13. The van der Waals surface area contributed by atoms with Crippen LogP contribution in [-0.2, 0) is 6.54 Å². The first-order valence-corrected chi connectivity index (χ1v) is 8.96. The number of nitrogens with zero attached hydrogens (tertiary/aromatic N) is 3. The maximum absolute atomic E-state index is 14.3. The quantitative estimate of drug-likeness (QED) is 0.874. The van der Waals surface area contributed by atoms with E-state index in [1.54, 1.807) is 29.4 Å². The van der Waals surface area contributed by atoms with Crippen molar-refractivity contribution < 1.29 is 9.18 Å². The van der Waals surface area contributed by atoms with Crippen LogP contribution in [0.4, 0.5) is 9.18 Å². The molecule has 0 bridgehead atoms. The fourth-order valence-electron chi connectivity index (χ4n) is 3.38. The number of urea groups is 1. The Bertz CT molecular complexity index is 753. The summed E-state index contributed by atoms with van der Waals surface area (Å²) in [5.41, 5.74) is 1.21. The van der Waals surface area contributed by atoms with Gasteiger partial charge in [0.25, 0.3) is 0 Å². The van der Waals surface area contributed by atoms with Crippen molar-refractivity contribution in [3.05, 3.63) is 48.3 Å². The number of imidazole rings is 1. The highest BCUT2D eigenvalue weighted by atomic mass is 19.1. The van der Waals surface area contributed by atoms with Crippen molar-refractivity contribution in [3.8, 4) is 5.69 Å². The van der Waals surface area contributed by atoms with E-state index in [9.17, 15) is 9.18 Å². The number of hydrogen-bond acceptors (Lipinski definition) is 2. The van der Waals surface area contributed by atoms with Gasteiger partial charge in [-0.05, 0) is 56.2 Å². The van der Waals surface area contributed by atoms with Crippen LogP contribution in [0.1, 0.15) is 38.2 Å². The predicted molar refractivity (Wildman–Crippen MR) is 92.8 cm³/mol. The highest BCUT2D eigenvalue weighted by Gasteiger charge is 2.41. The van der Waals surface area contributed by atoms with Crippen molar-refractivity contribution in [3.63, 3.8) is 0 Å². The second kappa shape index (κ2) is 6.50. The van der Waals surface area contributed by atoms with Crippen LogP contribution < -0.4 is 5.32 Å². The molecule has 2 saturated carbocycles. The number of nitrogens with one attached hydrogen (secondary N) is 1. The number of carbonyl (C=O) groups excluding carboxylic acids is 1. The Balaban J connectivity index is 1.40. The molecule has 25 heavy (non-hydrogen) atoms. The van der Waals surface area contributed by atoms with Gasteiger partial charge in [-0.2, -0.15) is 0 Å². The molecular formula is C19H23FN4O. The summed E-state index contributed by atoms with van der Waals surface area (Å²) >= 11 is 0. The Morgan fingerprint density at radius 1 is 1.40 bits per heavy atom. The van der Waals surface area contributed by atoms with Crippen molar-refractivity contribution >= 4 is 6.03 Å². The molecule has 1 N–H and O–H groups in total. The largest absolute Gasteiger partial charge is 0.334 e. The maximum atomic E-state index is 14.3. The van der Waals surface area contributed by atoms with Crippen molar-refractivity contribution in [2.24, 2.45) is 5.92 Å². The number of amides is 2. The molecule has 2 aliphatic carbocycles. The monoisotopic (exact) mass is 342 g/mol. The first-order chi connectivity index (χ1) is 12.1. The van der Waals surface area contributed by atoms with E-state index in [1.165, 1.54) is 18.9 Å². The third-order valence-electron chi connectivity index (χ3n) is 5.16. The van der Waals surface area contributed by atoms with Gasteiger partial charge in [-0.25, -0.2) is 14.2 Å². The molecule has 4 rings (SSSR count). The molecule has 0 radical (unpaired) electrons. The van der Waals surface area contributed by atoms with Gasteiger partial charge in [-0.15, -0.1) is 0 Å². The summed E-state index contributed by atoms with van der Waals surface area (Å²) in [4.78, 5) is 18.6. The molecule has 0 saturated heterocycles. The summed E-state index contributed by atoms with van der Waals surface area (Å²) in [7, 11) is 0. The van der Waals surface area contributed by atoms with E-state index in [2.05, 4.69) is 17.2 Å². The normalized spacial score (nSPS) is 18.0. The molecule has 1 heterocycles. The molecule has 6 heteroatoms. The van der Waals surface area contributed by atoms with Crippen LogP contribution in [0, 0.1) is 11.7 Å². The third-order valence-corrected chi connectivity index (χ3v) is 5.16. The number of halogens is 1. The van der Waals surface area contributed by atoms with E-state index < -0.39 is 0 Å². The lowest BCUT2D eigenvalue weighted by Gasteiger charge is -2.29. The van der Waals surface area contributed by atoms with Gasteiger partial charge in [-0.1, -0.05) is 6.07 Å². The van der Waals surface area contributed by atoms with Crippen LogP contribution >= 0.6 is 0 Å². The molecule has 0 unspecified atom stereocenters. The number of benzene rings is 1. The smallest absolute Gasteiger partial charge is 0.318 e. The standard InChI is InChI=1S/C19H23FN4O/c1-13(15-3-4-15)24(16-5-6-16)19(25)22-11-14-2-7-18(17(20)10-14)23-9-8-21-12-23/h2,7-10,12-13,15-16H,3-6,11H2,1H3,(H,22,25)/t13-/m1/s1. The highest BCUT2D eigenvalue weighted by Crippen LogP contribution is 2.39. The van der Waals surface area contributed by atoms with Gasteiger partial charge < -0.3 is 14.8 Å². The van der Waals surface area contributed by atoms with E-state index in [0.717, 1.165) is 18.4 Å². The first-order valence-electron chi connectivity index (χ1n) is 8.96. The van der Waals surface area contributed by atoms with Crippen LogP contribution in [0.15, 0.2) is 36.9 Å². The van der Waals surface area contributed by atoms with Crippen molar-refractivity contribution in [1.82, 2.24) is 19.8 Å². The van der Waals surface area contributed by atoms with E-state index in [4.69, 9.17) is 0 Å². The van der Waals surface area contributed by atoms with Crippen molar-refractivity contribution in [2.75, 3.05) is 0 Å². The Labute approximate surface area is 146 Å². The SMILES string of the molecule is C[C@H](C1CC1)N(C(=O)NCc1ccc(-n2ccnc2)c(F)c1)C1CC1. The molecule has 2 fully saturated rings. The Morgan fingerprint density at radius 3 is 2.80 bits per heavy atom. The first kappa shape index (κ1) is 16.1. The van der Waals surface area contributed by atoms with E-state index in [0.29, 0.717) is 30.2 Å². The number of hydrogen-bond donors (Lipinski definition) is 1. The zero-order valence-corrected chi connectivity index (χ0v) is 14.4. The van der Waals surface area contributed by atoms with Crippen molar-refractivity contribution in [1.29, 1.82) is 0 Å². The minimum absolute atomic E-state index is 0.0269. The molecule has 2 aliphatic rings. The predicted octanol–water partition coefficient (Wildman–Crippen LogP) is 3.48. The summed E-state index contributed by atoms with van der Waals surface area (Å²) in [6.45, 7) is 2.48. The van der Waals surface area contributed by atoms with Gasteiger partial charge >= 0.3 is 6.03 Å². The summed E-state index contributed by atoms with van der Waals surface area (Å²) in [6.07, 6.45) is 9.51. The summed E-state index contributed by atoms with van der Waals surface area (Å²) in [5, 5.41) is 2.97. The topological polar surface area (TPSA) is 50.2 Å². The number of carbonyl (C=O) groups is 1. The molecule has 5 nitrogen and oxygen atoms in total. The van der Waals surface area contributed by atoms with Crippen LogP contribution in [-0.4, -0.2) is 32.6 Å². The fourth-order valence-corrected chi connectivity index (χ4v) is 3.38. The molecule has 2 amide bonds. The summed E-state index contributed by atoms with van der Waals surface area (Å²) in [6, 6.07) is 5.68. The van der Waals surface area contributed by atoms with E-state index in [1.807, 2.05) is 11.0 Å². The Hall–Kier alpha value is -2.37. The van der Waals surface area contributed by atoms with Crippen LogP contribution in [0.3, 0.4) is 0 Å². The lowest BCUT2D eigenvalue weighted by atomic mass is 10.1. The number of aromatic nitrogens is 2. The zero-order valence-electron chi connectivity index (χ0n) is 14.4. The van der Waals surface area contributed by atoms with Crippen LogP contribution in [0.25, 0.3) is 5.69 Å². The molecule has 0 spiro atoms. The van der Waals surface area contributed by atoms with Gasteiger partial charge in [0.1, 0.15) is 5.82 Å². The van der Waals surface area contributed by atoms with Crippen LogP contribution in [0.2, 0.25) is 0 Å². The van der Waals surface area contributed by atoms with Crippen molar-refractivity contribution in [2.45, 2.75) is 51.2 Å². The average molecular weight is 342 g/mol. The lowest BCUT2D eigenvalue weighted by Crippen LogP contribution is -2.47. The van der Waals surface area contributed by atoms with Gasteiger partial charge in [0.15, 0.2) is 0 Å². The molecule has 2 aromatic rings. The second-order valence-electron chi connectivity index (χ2n) is 7.13. The van der Waals surface area contributed by atoms with Gasteiger partial charge in [0.05, 0.1) is 12.0 Å². The molecule has 1 aromatic carbocycles. The van der Waals surface area contributed by atoms with E-state index >= 15 is 0 Å². The highest BCUT2D eigenvalue weighted by molar-refractivity contribution is 5.75. The van der Waals surface area contributed by atoms with Gasteiger partial charge in [-0.3, -0.25) is 0 Å². The van der Waals surface area contributed by atoms with Crippen LogP contribution in [0.5, 0.6) is 0 Å². The molecule has 0 aliphatic heterocycles. The fraction of sp³-hybridized carbons (Fsp3) is 0.474. The lowest BCUT2D eigenvalue weighted by molar-refractivity contribution is 0.166. The van der Waals surface area contributed by atoms with E-state index in [-0.39, 0.29) is 11.8 Å².